The van der Waals surface area contributed by atoms with Gasteiger partial charge in [-0.2, -0.15) is 0 Å². The Bertz CT molecular complexity index is 1410. The van der Waals surface area contributed by atoms with E-state index in [0.717, 1.165) is 4.90 Å². The van der Waals surface area contributed by atoms with Crippen LogP contribution in [-0.2, 0) is 16.9 Å². The first kappa shape index (κ1) is 19.3. The number of amides is 3. The number of aromatic nitrogens is 2. The number of fused-ring (bicyclic) bond motifs is 3. The first-order valence-electron chi connectivity index (χ1n) is 9.73. The predicted octanol–water partition coefficient (Wildman–Crippen LogP) is 3.68. The van der Waals surface area contributed by atoms with Crippen LogP contribution in [-0.4, -0.2) is 26.8 Å². The summed E-state index contributed by atoms with van der Waals surface area (Å²) >= 11 is 5.97. The Morgan fingerprint density at radius 3 is 2.58 bits per heavy atom. The lowest BCUT2D eigenvalue weighted by Gasteiger charge is -2.25. The number of urea groups is 1. The molecule has 0 unspecified atom stereocenters. The van der Waals surface area contributed by atoms with Crippen LogP contribution >= 0.6 is 11.6 Å². The molecule has 8 nitrogen and oxygen atoms in total. The fourth-order valence-corrected chi connectivity index (χ4v) is 4.14. The zero-order chi connectivity index (χ0) is 21.8. The number of hydrogen-bond donors (Lipinski definition) is 2. The summed E-state index contributed by atoms with van der Waals surface area (Å²) in [7, 11) is 0. The Morgan fingerprint density at radius 1 is 1.10 bits per heavy atom. The molecule has 3 heterocycles. The highest BCUT2D eigenvalue weighted by Crippen LogP contribution is 2.34. The van der Waals surface area contributed by atoms with Gasteiger partial charge in [0.15, 0.2) is 0 Å². The third kappa shape index (κ3) is 2.90. The summed E-state index contributed by atoms with van der Waals surface area (Å²) < 4.78 is 5.59. The molecular formula is C22H17ClN4O4. The molecule has 31 heavy (non-hydrogen) atoms. The predicted molar refractivity (Wildman–Crippen MR) is 115 cm³/mol. The van der Waals surface area contributed by atoms with E-state index in [2.05, 4.69) is 15.3 Å². The fourth-order valence-electron chi connectivity index (χ4n) is 4.02. The molecular weight excluding hydrogens is 420 g/mol. The topological polar surface area (TPSA) is 108 Å². The molecule has 0 radical (unpaired) electrons. The van der Waals surface area contributed by atoms with Gasteiger partial charge in [-0.1, -0.05) is 42.8 Å². The van der Waals surface area contributed by atoms with E-state index < -0.39 is 23.0 Å². The van der Waals surface area contributed by atoms with Gasteiger partial charge in [-0.15, -0.1) is 0 Å². The van der Waals surface area contributed by atoms with E-state index in [9.17, 15) is 14.4 Å². The number of para-hydroxylation sites is 1. The SMILES string of the molecule is CC[C@@]1(c2ccc(Cl)cc2)NC(=O)N(Cc2nc3c(oc4ccccc43)c(=O)[nH]2)C1=O. The van der Waals surface area contributed by atoms with E-state index in [1.165, 1.54) is 0 Å². The lowest BCUT2D eigenvalue weighted by atomic mass is 9.87. The van der Waals surface area contributed by atoms with Crippen molar-refractivity contribution in [2.24, 2.45) is 0 Å². The van der Waals surface area contributed by atoms with Crippen molar-refractivity contribution in [3.05, 3.63) is 75.3 Å². The molecule has 2 aromatic carbocycles. The molecule has 1 aliphatic rings. The van der Waals surface area contributed by atoms with Crippen molar-refractivity contribution in [2.45, 2.75) is 25.4 Å². The van der Waals surface area contributed by atoms with Crippen LogP contribution in [0, 0.1) is 0 Å². The Morgan fingerprint density at radius 2 is 1.84 bits per heavy atom. The maximum atomic E-state index is 13.3. The number of hydrogen-bond acceptors (Lipinski definition) is 5. The molecule has 1 fully saturated rings. The summed E-state index contributed by atoms with van der Waals surface area (Å²) in [4.78, 5) is 46.8. The van der Waals surface area contributed by atoms with Gasteiger partial charge in [-0.25, -0.2) is 9.78 Å². The van der Waals surface area contributed by atoms with E-state index >= 15 is 0 Å². The largest absolute Gasteiger partial charge is 0.449 e. The molecule has 1 atom stereocenters. The first-order chi connectivity index (χ1) is 14.9. The number of halogens is 1. The van der Waals surface area contributed by atoms with Gasteiger partial charge in [0.1, 0.15) is 22.5 Å². The Hall–Kier alpha value is -3.65. The number of nitrogens with one attached hydrogen (secondary N) is 2. The average Bonchev–Trinajstić information content (AvgIpc) is 3.26. The number of rotatable bonds is 4. The maximum absolute atomic E-state index is 13.3. The molecule has 156 valence electrons. The highest BCUT2D eigenvalue weighted by atomic mass is 35.5. The van der Waals surface area contributed by atoms with Crippen LogP contribution in [0.15, 0.2) is 57.7 Å². The van der Waals surface area contributed by atoms with Crippen LogP contribution in [0.2, 0.25) is 5.02 Å². The number of carbonyl (C=O) groups is 2. The minimum atomic E-state index is -1.20. The molecule has 9 heteroatoms. The van der Waals surface area contributed by atoms with Gasteiger partial charge in [0.2, 0.25) is 5.58 Å². The van der Waals surface area contributed by atoms with Gasteiger partial charge in [-0.3, -0.25) is 14.5 Å². The second kappa shape index (κ2) is 6.95. The second-order valence-electron chi connectivity index (χ2n) is 7.38. The highest BCUT2D eigenvalue weighted by molar-refractivity contribution is 6.30. The summed E-state index contributed by atoms with van der Waals surface area (Å²) in [5.74, 6) is -0.224. The normalized spacial score (nSPS) is 18.8. The number of carbonyl (C=O) groups excluding carboxylic acids is 2. The van der Waals surface area contributed by atoms with Crippen molar-refractivity contribution < 1.29 is 14.0 Å². The van der Waals surface area contributed by atoms with Crippen molar-refractivity contribution in [3.8, 4) is 0 Å². The molecule has 5 rings (SSSR count). The van der Waals surface area contributed by atoms with Crippen molar-refractivity contribution >= 4 is 45.6 Å². The van der Waals surface area contributed by atoms with Crippen LogP contribution in [0.1, 0.15) is 24.7 Å². The van der Waals surface area contributed by atoms with E-state index in [1.807, 2.05) is 13.0 Å². The lowest BCUT2D eigenvalue weighted by molar-refractivity contribution is -0.132. The summed E-state index contributed by atoms with van der Waals surface area (Å²) in [6.07, 6.45) is 0.352. The minimum absolute atomic E-state index is 0.103. The van der Waals surface area contributed by atoms with E-state index in [-0.39, 0.29) is 18.0 Å². The molecule has 0 bridgehead atoms. The van der Waals surface area contributed by atoms with Crippen molar-refractivity contribution in [3.63, 3.8) is 0 Å². The molecule has 2 N–H and O–H groups in total. The minimum Gasteiger partial charge on any atom is -0.449 e. The number of H-pyrrole nitrogens is 1. The van der Waals surface area contributed by atoms with Gasteiger partial charge >= 0.3 is 6.03 Å². The molecule has 0 saturated carbocycles. The monoisotopic (exact) mass is 436 g/mol. The van der Waals surface area contributed by atoms with Crippen LogP contribution in [0.5, 0.6) is 0 Å². The van der Waals surface area contributed by atoms with Gasteiger partial charge in [0, 0.05) is 10.4 Å². The number of aromatic amines is 1. The zero-order valence-corrected chi connectivity index (χ0v) is 17.2. The van der Waals surface area contributed by atoms with E-state index in [4.69, 9.17) is 16.0 Å². The highest BCUT2D eigenvalue weighted by Gasteiger charge is 2.51. The summed E-state index contributed by atoms with van der Waals surface area (Å²) in [6.45, 7) is 1.64. The van der Waals surface area contributed by atoms with Crippen LogP contribution < -0.4 is 10.9 Å². The van der Waals surface area contributed by atoms with Gasteiger partial charge in [-0.05, 0) is 36.2 Å². The molecule has 2 aromatic heterocycles. The molecule has 0 spiro atoms. The van der Waals surface area contributed by atoms with Gasteiger partial charge in [0.25, 0.3) is 11.5 Å². The number of imide groups is 1. The van der Waals surface area contributed by atoms with E-state index in [0.29, 0.717) is 33.5 Å². The quantitative estimate of drug-likeness (QED) is 0.474. The Balaban J connectivity index is 1.54. The van der Waals surface area contributed by atoms with Gasteiger partial charge in [0.05, 0.1) is 6.54 Å². The number of furan rings is 1. The lowest BCUT2D eigenvalue weighted by Crippen LogP contribution is -2.43. The number of nitrogens with zero attached hydrogens (tertiary/aromatic N) is 2. The van der Waals surface area contributed by atoms with Crippen molar-refractivity contribution in [2.75, 3.05) is 0 Å². The summed E-state index contributed by atoms with van der Waals surface area (Å²) in [5.41, 5.74) is -0.00263. The smallest absolute Gasteiger partial charge is 0.325 e. The molecule has 4 aromatic rings. The molecule has 1 saturated heterocycles. The Kier molecular flexibility index (Phi) is 4.33. The van der Waals surface area contributed by atoms with Crippen molar-refractivity contribution in [1.29, 1.82) is 0 Å². The van der Waals surface area contributed by atoms with E-state index in [1.54, 1.807) is 42.5 Å². The zero-order valence-electron chi connectivity index (χ0n) is 16.4. The summed E-state index contributed by atoms with van der Waals surface area (Å²) in [6, 6.07) is 13.4. The number of benzene rings is 2. The second-order valence-corrected chi connectivity index (χ2v) is 7.81. The third-order valence-corrected chi connectivity index (χ3v) is 5.88. The average molecular weight is 437 g/mol. The summed E-state index contributed by atoms with van der Waals surface area (Å²) in [5, 5.41) is 4.02. The van der Waals surface area contributed by atoms with Gasteiger partial charge < -0.3 is 14.7 Å². The maximum Gasteiger partial charge on any atom is 0.325 e. The molecule has 1 aliphatic heterocycles. The first-order valence-corrected chi connectivity index (χ1v) is 10.1. The van der Waals surface area contributed by atoms with Crippen LogP contribution in [0.3, 0.4) is 0 Å². The third-order valence-electron chi connectivity index (χ3n) is 5.63. The van der Waals surface area contributed by atoms with Crippen LogP contribution in [0.4, 0.5) is 4.79 Å². The molecule has 3 amide bonds. The fraction of sp³-hybridized carbons (Fsp3) is 0.182. The van der Waals surface area contributed by atoms with Crippen molar-refractivity contribution in [1.82, 2.24) is 20.2 Å². The Labute approximate surface area is 180 Å². The van der Waals surface area contributed by atoms with Crippen LogP contribution in [0.25, 0.3) is 22.1 Å². The standard InChI is InChI=1S/C22H17ClN4O4/c1-2-22(12-7-9-13(23)10-8-12)20(29)27(21(30)26-22)11-16-24-17-14-5-3-4-6-15(14)31-18(17)19(28)25-16/h3-10H,2,11H2,1H3,(H,26,30)(H,24,25,28)/t22-/m0/s1. The molecule has 0 aliphatic carbocycles.